The summed E-state index contributed by atoms with van der Waals surface area (Å²) >= 11 is 0. The fraction of sp³-hybridized carbons (Fsp3) is 0.632. The first-order valence-electron chi connectivity index (χ1n) is 9.27. The molecule has 1 aliphatic rings. The van der Waals surface area contributed by atoms with Gasteiger partial charge in [0.2, 0.25) is 0 Å². The molecule has 0 amide bonds. The largest absolute Gasteiger partial charge is 0.494 e. The van der Waals surface area contributed by atoms with E-state index in [-0.39, 0.29) is 0 Å². The first-order valence-corrected chi connectivity index (χ1v) is 9.27. The molecule has 1 aromatic rings. The third-order valence-corrected chi connectivity index (χ3v) is 4.10. The summed E-state index contributed by atoms with van der Waals surface area (Å²) in [4.78, 5) is 7.12. The van der Waals surface area contributed by atoms with Gasteiger partial charge in [-0.05, 0) is 32.4 Å². The molecule has 1 heterocycles. The number of hydrogen-bond acceptors (Lipinski definition) is 4. The standard InChI is InChI=1S/C19H32N4O2/c1-4-20-19(21-8-9-23-10-12-24-13-11-23)22-15-17-7-6-16(3)14-18(17)25-5-2/h6-7,14H,4-5,8-13,15H2,1-3H3,(H2,20,21,22). The first kappa shape index (κ1) is 19.5. The molecule has 1 saturated heterocycles. The van der Waals surface area contributed by atoms with Crippen LogP contribution >= 0.6 is 0 Å². The number of hydrogen-bond donors (Lipinski definition) is 2. The molecule has 6 heteroatoms. The minimum atomic E-state index is 0.600. The molecule has 0 aliphatic carbocycles. The highest BCUT2D eigenvalue weighted by Crippen LogP contribution is 2.21. The summed E-state index contributed by atoms with van der Waals surface area (Å²) in [6.45, 7) is 13.8. The average molecular weight is 348 g/mol. The van der Waals surface area contributed by atoms with Gasteiger partial charge >= 0.3 is 0 Å². The number of morpholine rings is 1. The summed E-state index contributed by atoms with van der Waals surface area (Å²) in [6.07, 6.45) is 0. The maximum Gasteiger partial charge on any atom is 0.191 e. The zero-order valence-corrected chi connectivity index (χ0v) is 15.8. The van der Waals surface area contributed by atoms with E-state index in [0.29, 0.717) is 13.2 Å². The molecule has 25 heavy (non-hydrogen) atoms. The van der Waals surface area contributed by atoms with Crippen LogP contribution in [0.1, 0.15) is 25.0 Å². The monoisotopic (exact) mass is 348 g/mol. The van der Waals surface area contributed by atoms with Gasteiger partial charge in [0.05, 0.1) is 26.4 Å². The SMILES string of the molecule is CCNC(=NCc1ccc(C)cc1OCC)NCCN1CCOCC1. The van der Waals surface area contributed by atoms with Crippen LogP contribution in [0.15, 0.2) is 23.2 Å². The molecule has 1 aliphatic heterocycles. The maximum atomic E-state index is 5.74. The molecule has 0 unspecified atom stereocenters. The van der Waals surface area contributed by atoms with E-state index in [0.717, 1.165) is 63.2 Å². The van der Waals surface area contributed by atoms with Crippen LogP contribution in [-0.4, -0.2) is 63.4 Å². The molecule has 0 saturated carbocycles. The Balaban J connectivity index is 1.90. The van der Waals surface area contributed by atoms with Gasteiger partial charge in [-0.1, -0.05) is 12.1 Å². The summed E-state index contributed by atoms with van der Waals surface area (Å²) < 4.78 is 11.1. The smallest absolute Gasteiger partial charge is 0.191 e. The van der Waals surface area contributed by atoms with E-state index in [2.05, 4.69) is 47.6 Å². The van der Waals surface area contributed by atoms with Crippen LogP contribution < -0.4 is 15.4 Å². The Kier molecular flexibility index (Phi) is 8.55. The number of aryl methyl sites for hydroxylation is 1. The Bertz CT molecular complexity index is 542. The molecule has 0 bridgehead atoms. The van der Waals surface area contributed by atoms with Crippen molar-refractivity contribution >= 4 is 5.96 Å². The fourth-order valence-electron chi connectivity index (χ4n) is 2.75. The van der Waals surface area contributed by atoms with Crippen LogP contribution in [0.25, 0.3) is 0 Å². The van der Waals surface area contributed by atoms with Crippen LogP contribution in [0, 0.1) is 6.92 Å². The van der Waals surface area contributed by atoms with E-state index < -0.39 is 0 Å². The summed E-state index contributed by atoms with van der Waals surface area (Å²) in [5.74, 6) is 1.77. The highest BCUT2D eigenvalue weighted by atomic mass is 16.5. The number of rotatable bonds is 8. The molecule has 0 aromatic heterocycles. The molecule has 140 valence electrons. The number of nitrogens with one attached hydrogen (secondary N) is 2. The summed E-state index contributed by atoms with van der Waals surface area (Å²) in [6, 6.07) is 6.28. The Hall–Kier alpha value is -1.79. The Morgan fingerprint density at radius 3 is 2.76 bits per heavy atom. The molecule has 1 aromatic carbocycles. The van der Waals surface area contributed by atoms with Gasteiger partial charge in [-0.25, -0.2) is 4.99 Å². The van der Waals surface area contributed by atoms with Crippen molar-refractivity contribution in [2.24, 2.45) is 4.99 Å². The average Bonchev–Trinajstić information content (AvgIpc) is 2.62. The van der Waals surface area contributed by atoms with Gasteiger partial charge in [-0.15, -0.1) is 0 Å². The molecule has 0 atom stereocenters. The lowest BCUT2D eigenvalue weighted by atomic mass is 10.1. The lowest BCUT2D eigenvalue weighted by molar-refractivity contribution is 0.0389. The Morgan fingerprint density at radius 1 is 1.24 bits per heavy atom. The Morgan fingerprint density at radius 2 is 2.04 bits per heavy atom. The molecule has 6 nitrogen and oxygen atoms in total. The van der Waals surface area contributed by atoms with Crippen molar-refractivity contribution in [3.8, 4) is 5.75 Å². The van der Waals surface area contributed by atoms with E-state index >= 15 is 0 Å². The lowest BCUT2D eigenvalue weighted by Gasteiger charge is -2.26. The summed E-state index contributed by atoms with van der Waals surface area (Å²) in [5.41, 5.74) is 2.31. The third kappa shape index (κ3) is 6.92. The van der Waals surface area contributed by atoms with Crippen LogP contribution in [0.5, 0.6) is 5.75 Å². The molecule has 0 spiro atoms. The minimum absolute atomic E-state index is 0.600. The van der Waals surface area contributed by atoms with E-state index in [1.807, 2.05) is 6.92 Å². The summed E-state index contributed by atoms with van der Waals surface area (Å²) in [5, 5.41) is 6.72. The van der Waals surface area contributed by atoms with Crippen molar-refractivity contribution < 1.29 is 9.47 Å². The number of ether oxygens (including phenoxy) is 2. The van der Waals surface area contributed by atoms with E-state index in [1.165, 1.54) is 5.56 Å². The van der Waals surface area contributed by atoms with Crippen LogP contribution in [-0.2, 0) is 11.3 Å². The van der Waals surface area contributed by atoms with Crippen molar-refractivity contribution in [1.29, 1.82) is 0 Å². The second kappa shape index (κ2) is 10.9. The highest BCUT2D eigenvalue weighted by molar-refractivity contribution is 5.79. The van der Waals surface area contributed by atoms with Crippen LogP contribution in [0.3, 0.4) is 0 Å². The van der Waals surface area contributed by atoms with Crippen LogP contribution in [0.4, 0.5) is 0 Å². The van der Waals surface area contributed by atoms with E-state index in [1.54, 1.807) is 0 Å². The molecule has 2 rings (SSSR count). The van der Waals surface area contributed by atoms with Crippen molar-refractivity contribution in [3.05, 3.63) is 29.3 Å². The quantitative estimate of drug-likeness (QED) is 0.554. The third-order valence-electron chi connectivity index (χ3n) is 4.10. The second-order valence-corrected chi connectivity index (χ2v) is 6.12. The highest BCUT2D eigenvalue weighted by Gasteiger charge is 2.10. The lowest BCUT2D eigenvalue weighted by Crippen LogP contribution is -2.44. The van der Waals surface area contributed by atoms with Crippen LogP contribution in [0.2, 0.25) is 0 Å². The normalized spacial score (nSPS) is 15.9. The predicted molar refractivity (Wildman–Crippen MR) is 102 cm³/mol. The zero-order chi connectivity index (χ0) is 17.9. The van der Waals surface area contributed by atoms with Gasteiger partial charge in [-0.2, -0.15) is 0 Å². The topological polar surface area (TPSA) is 58.1 Å². The number of guanidine groups is 1. The van der Waals surface area contributed by atoms with Crippen molar-refractivity contribution in [2.45, 2.75) is 27.3 Å². The van der Waals surface area contributed by atoms with E-state index in [9.17, 15) is 0 Å². The number of nitrogens with zero attached hydrogens (tertiary/aromatic N) is 2. The van der Waals surface area contributed by atoms with E-state index in [4.69, 9.17) is 14.5 Å². The van der Waals surface area contributed by atoms with Gasteiger partial charge in [-0.3, -0.25) is 4.90 Å². The minimum Gasteiger partial charge on any atom is -0.494 e. The maximum absolute atomic E-state index is 5.74. The Labute approximate surface area is 151 Å². The van der Waals surface area contributed by atoms with Gasteiger partial charge in [0.15, 0.2) is 5.96 Å². The van der Waals surface area contributed by atoms with Crippen molar-refractivity contribution in [3.63, 3.8) is 0 Å². The van der Waals surface area contributed by atoms with Gasteiger partial charge in [0.25, 0.3) is 0 Å². The molecule has 1 fully saturated rings. The fourth-order valence-corrected chi connectivity index (χ4v) is 2.75. The number of aliphatic imine (C=N–C) groups is 1. The van der Waals surface area contributed by atoms with Crippen molar-refractivity contribution in [2.75, 3.05) is 52.5 Å². The number of benzene rings is 1. The van der Waals surface area contributed by atoms with Gasteiger partial charge in [0.1, 0.15) is 5.75 Å². The van der Waals surface area contributed by atoms with Gasteiger partial charge < -0.3 is 20.1 Å². The molecule has 2 N–H and O–H groups in total. The first-order chi connectivity index (χ1) is 12.2. The molecular weight excluding hydrogens is 316 g/mol. The zero-order valence-electron chi connectivity index (χ0n) is 15.8. The molecule has 0 radical (unpaired) electrons. The molecular formula is C19H32N4O2. The second-order valence-electron chi connectivity index (χ2n) is 6.12. The van der Waals surface area contributed by atoms with Gasteiger partial charge in [0, 0.05) is 38.3 Å². The predicted octanol–water partition coefficient (Wildman–Crippen LogP) is 1.78. The van der Waals surface area contributed by atoms with Crippen molar-refractivity contribution in [1.82, 2.24) is 15.5 Å². The summed E-state index contributed by atoms with van der Waals surface area (Å²) in [7, 11) is 0.